The highest BCUT2D eigenvalue weighted by atomic mass is 79.9. The first-order valence-electron chi connectivity index (χ1n) is 5.28. The molecular formula is C13H7BrN2OS. The third-order valence-corrected chi connectivity index (χ3v) is 4.38. The Morgan fingerprint density at radius 1 is 1.33 bits per heavy atom. The van der Waals surface area contributed by atoms with Crippen LogP contribution >= 0.6 is 27.7 Å². The van der Waals surface area contributed by atoms with E-state index in [1.54, 1.807) is 0 Å². The maximum absolute atomic E-state index is 11.7. The lowest BCUT2D eigenvalue weighted by Crippen LogP contribution is -2.16. The van der Waals surface area contributed by atoms with Crippen LogP contribution in [0.4, 0.5) is 0 Å². The van der Waals surface area contributed by atoms with Crippen LogP contribution in [0.15, 0.2) is 44.7 Å². The second-order valence-electron chi connectivity index (χ2n) is 3.93. The van der Waals surface area contributed by atoms with Gasteiger partial charge in [0.2, 0.25) is 0 Å². The molecule has 0 fully saturated rings. The van der Waals surface area contributed by atoms with Crippen molar-refractivity contribution in [2.45, 2.75) is 0 Å². The molecule has 0 N–H and O–H groups in total. The number of hydrogen-bond donors (Lipinski definition) is 0. The van der Waals surface area contributed by atoms with E-state index >= 15 is 0 Å². The summed E-state index contributed by atoms with van der Waals surface area (Å²) in [5, 5.41) is 11.7. The number of carbonyl (C=O) groups is 1. The van der Waals surface area contributed by atoms with E-state index in [1.165, 1.54) is 11.8 Å². The average Bonchev–Trinajstić information content (AvgIpc) is 2.88. The molecule has 0 saturated heterocycles. The summed E-state index contributed by atoms with van der Waals surface area (Å²) in [5.41, 5.74) is 2.32. The predicted octanol–water partition coefficient (Wildman–Crippen LogP) is 3.11. The highest BCUT2D eigenvalue weighted by molar-refractivity contribution is 9.10. The highest BCUT2D eigenvalue weighted by Crippen LogP contribution is 2.44. The highest BCUT2D eigenvalue weighted by Gasteiger charge is 2.35. The van der Waals surface area contributed by atoms with E-state index in [0.29, 0.717) is 0 Å². The zero-order chi connectivity index (χ0) is 12.7. The molecule has 0 spiro atoms. The summed E-state index contributed by atoms with van der Waals surface area (Å²) in [4.78, 5) is 13.6. The van der Waals surface area contributed by atoms with E-state index in [0.717, 1.165) is 20.8 Å². The monoisotopic (exact) mass is 318 g/mol. The molecule has 0 radical (unpaired) electrons. The third kappa shape index (κ3) is 1.69. The van der Waals surface area contributed by atoms with Gasteiger partial charge in [-0.3, -0.25) is 4.79 Å². The van der Waals surface area contributed by atoms with Gasteiger partial charge >= 0.3 is 0 Å². The second kappa shape index (κ2) is 4.30. The molecule has 3 rings (SSSR count). The van der Waals surface area contributed by atoms with Gasteiger partial charge in [-0.1, -0.05) is 39.8 Å². The summed E-state index contributed by atoms with van der Waals surface area (Å²) in [6.07, 6.45) is 0. The number of rotatable bonds is 1. The maximum atomic E-state index is 11.7. The minimum absolute atomic E-state index is 0.0947. The van der Waals surface area contributed by atoms with Crippen molar-refractivity contribution in [1.29, 1.82) is 5.26 Å². The predicted molar refractivity (Wildman–Crippen MR) is 74.1 cm³/mol. The smallest absolute Gasteiger partial charge is 0.195 e. The lowest BCUT2D eigenvalue weighted by molar-refractivity contribution is -0.114. The Kier molecular flexibility index (Phi) is 2.77. The number of hydrogen-bond acceptors (Lipinski definition) is 4. The molecule has 0 amide bonds. The van der Waals surface area contributed by atoms with Gasteiger partial charge in [0.15, 0.2) is 5.78 Å². The van der Waals surface area contributed by atoms with Crippen LogP contribution in [0.2, 0.25) is 0 Å². The van der Waals surface area contributed by atoms with E-state index in [1.807, 2.05) is 40.6 Å². The van der Waals surface area contributed by atoms with E-state index in [9.17, 15) is 4.79 Å². The van der Waals surface area contributed by atoms with Crippen LogP contribution < -0.4 is 0 Å². The number of thioether (sulfide) groups is 1. The van der Waals surface area contributed by atoms with Gasteiger partial charge in [-0.15, -0.1) is 0 Å². The van der Waals surface area contributed by atoms with Gasteiger partial charge < -0.3 is 4.90 Å². The molecule has 0 aliphatic carbocycles. The van der Waals surface area contributed by atoms with Crippen molar-refractivity contribution < 1.29 is 4.79 Å². The number of nitriles is 1. The fourth-order valence-corrected chi connectivity index (χ4v) is 3.31. The lowest BCUT2D eigenvalue weighted by atomic mass is 10.1. The summed E-state index contributed by atoms with van der Waals surface area (Å²) in [6.45, 7) is 0.271. The quantitative estimate of drug-likeness (QED) is 0.798. The molecule has 0 atom stereocenters. The van der Waals surface area contributed by atoms with Crippen molar-refractivity contribution >= 4 is 39.2 Å². The largest absolute Gasteiger partial charge is 0.326 e. The Balaban J connectivity index is 1.99. The number of nitrogens with zero attached hydrogens (tertiary/aromatic N) is 2. The molecule has 18 heavy (non-hydrogen) atoms. The Bertz CT molecular complexity index is 640. The Hall–Kier alpha value is -1.51. The summed E-state index contributed by atoms with van der Waals surface area (Å²) in [6, 6.07) is 9.91. The second-order valence-corrected chi connectivity index (χ2v) is 5.70. The first-order valence-corrected chi connectivity index (χ1v) is 6.96. The van der Waals surface area contributed by atoms with Crippen molar-refractivity contribution in [3.05, 3.63) is 50.3 Å². The van der Waals surface area contributed by atoms with Gasteiger partial charge in [0.05, 0.1) is 12.2 Å². The van der Waals surface area contributed by atoms with E-state index in [-0.39, 0.29) is 17.9 Å². The number of ketones is 1. The van der Waals surface area contributed by atoms with Crippen LogP contribution in [0.5, 0.6) is 0 Å². The third-order valence-electron chi connectivity index (χ3n) is 2.86. The van der Waals surface area contributed by atoms with Crippen LogP contribution in [0.1, 0.15) is 5.56 Å². The van der Waals surface area contributed by atoms with E-state index < -0.39 is 0 Å². The molecule has 2 heterocycles. The summed E-state index contributed by atoms with van der Waals surface area (Å²) in [5.74, 6) is -0.0947. The molecule has 2 aliphatic heterocycles. The fourth-order valence-electron chi connectivity index (χ4n) is 2.00. The normalized spacial score (nSPS) is 17.9. The number of benzene rings is 1. The van der Waals surface area contributed by atoms with Gasteiger partial charge in [-0.05, 0) is 17.7 Å². The van der Waals surface area contributed by atoms with Gasteiger partial charge in [0.25, 0.3) is 0 Å². The summed E-state index contributed by atoms with van der Waals surface area (Å²) in [7, 11) is 0. The Labute approximate surface area is 117 Å². The van der Waals surface area contributed by atoms with Crippen LogP contribution in [-0.2, 0) is 4.79 Å². The van der Waals surface area contributed by atoms with Crippen molar-refractivity contribution in [1.82, 2.24) is 4.90 Å². The maximum Gasteiger partial charge on any atom is 0.195 e. The molecule has 88 valence electrons. The minimum Gasteiger partial charge on any atom is -0.326 e. The SMILES string of the molecule is N#CC1=C2SC=C(c3ccc(Br)cc3)N2CC1=O. The van der Waals surface area contributed by atoms with E-state index in [4.69, 9.17) is 5.26 Å². The van der Waals surface area contributed by atoms with Crippen LogP contribution in [0.3, 0.4) is 0 Å². The summed E-state index contributed by atoms with van der Waals surface area (Å²) >= 11 is 4.84. The molecule has 2 aliphatic rings. The molecule has 3 nitrogen and oxygen atoms in total. The van der Waals surface area contributed by atoms with Crippen LogP contribution in [0, 0.1) is 11.3 Å². The number of halogens is 1. The molecular weight excluding hydrogens is 312 g/mol. The molecule has 1 aromatic carbocycles. The number of fused-ring (bicyclic) bond motifs is 1. The molecule has 5 heteroatoms. The van der Waals surface area contributed by atoms with Crippen molar-refractivity contribution in [2.24, 2.45) is 0 Å². The summed E-state index contributed by atoms with van der Waals surface area (Å²) < 4.78 is 1.02. The van der Waals surface area contributed by atoms with Crippen LogP contribution in [-0.4, -0.2) is 17.2 Å². The Morgan fingerprint density at radius 2 is 2.06 bits per heavy atom. The average molecular weight is 319 g/mol. The topological polar surface area (TPSA) is 44.1 Å². The lowest BCUT2D eigenvalue weighted by Gasteiger charge is -2.17. The molecule has 0 aromatic heterocycles. The zero-order valence-corrected chi connectivity index (χ0v) is 11.6. The van der Waals surface area contributed by atoms with Crippen molar-refractivity contribution in [3.63, 3.8) is 0 Å². The standard InChI is InChI=1S/C13H7BrN2OS/c14-9-3-1-8(2-4-9)11-7-18-13-10(5-15)12(17)6-16(11)13/h1-4,7H,6H2. The van der Waals surface area contributed by atoms with Gasteiger partial charge in [0.1, 0.15) is 16.7 Å². The first-order chi connectivity index (χ1) is 8.70. The number of carbonyl (C=O) groups excluding carboxylic acids is 1. The number of Topliss-reactive ketones (excluding diaryl/α,β-unsaturated/α-hetero) is 1. The van der Waals surface area contributed by atoms with Crippen LogP contribution in [0.25, 0.3) is 5.70 Å². The van der Waals surface area contributed by atoms with Gasteiger partial charge in [0, 0.05) is 9.88 Å². The molecule has 0 unspecified atom stereocenters. The van der Waals surface area contributed by atoms with Crippen molar-refractivity contribution in [3.8, 4) is 6.07 Å². The van der Waals surface area contributed by atoms with Gasteiger partial charge in [-0.25, -0.2) is 0 Å². The van der Waals surface area contributed by atoms with E-state index in [2.05, 4.69) is 15.9 Å². The minimum atomic E-state index is -0.0947. The Morgan fingerprint density at radius 3 is 2.72 bits per heavy atom. The molecule has 0 bridgehead atoms. The van der Waals surface area contributed by atoms with Crippen molar-refractivity contribution in [2.75, 3.05) is 6.54 Å². The fraction of sp³-hybridized carbons (Fsp3) is 0.0769. The first kappa shape index (κ1) is 11.6. The molecule has 1 aromatic rings. The van der Waals surface area contributed by atoms with Gasteiger partial charge in [-0.2, -0.15) is 5.26 Å². The zero-order valence-electron chi connectivity index (χ0n) is 9.18. The molecule has 0 saturated carbocycles.